The first-order valence-corrected chi connectivity index (χ1v) is 10.5. The van der Waals surface area contributed by atoms with Crippen LogP contribution in [0.2, 0.25) is 0 Å². The first kappa shape index (κ1) is 25.4. The number of rotatable bonds is 10. The van der Waals surface area contributed by atoms with Crippen molar-refractivity contribution < 1.29 is 34.1 Å². The van der Waals surface area contributed by atoms with E-state index >= 15 is 0 Å². The zero-order valence-electron chi connectivity index (χ0n) is 18.6. The van der Waals surface area contributed by atoms with Crippen LogP contribution in [0.4, 0.5) is 11.5 Å². The summed E-state index contributed by atoms with van der Waals surface area (Å²) >= 11 is 0. The van der Waals surface area contributed by atoms with Crippen LogP contribution in [-0.2, 0) is 25.4 Å². The third-order valence-corrected chi connectivity index (χ3v) is 5.14. The fourth-order valence-corrected chi connectivity index (χ4v) is 3.48. The van der Waals surface area contributed by atoms with Gasteiger partial charge in [0, 0.05) is 25.3 Å². The van der Waals surface area contributed by atoms with Gasteiger partial charge in [-0.1, -0.05) is 12.1 Å². The fourth-order valence-electron chi connectivity index (χ4n) is 3.48. The van der Waals surface area contributed by atoms with Gasteiger partial charge >= 0.3 is 5.69 Å². The van der Waals surface area contributed by atoms with Gasteiger partial charge in [0.1, 0.15) is 24.1 Å². The van der Waals surface area contributed by atoms with Crippen LogP contribution in [0.3, 0.4) is 0 Å². The molecule has 0 bridgehead atoms. The Kier molecular flexibility index (Phi) is 8.41. The molecular formula is C21H26N4O9. The maximum atomic E-state index is 12.5. The average Bonchev–Trinajstić information content (AvgIpc) is 3.09. The number of nitro benzene ring substituents is 1. The maximum absolute atomic E-state index is 12.5. The van der Waals surface area contributed by atoms with Crippen molar-refractivity contribution in [3.05, 3.63) is 62.7 Å². The predicted octanol–water partition coefficient (Wildman–Crippen LogP) is 0.351. The van der Waals surface area contributed by atoms with E-state index in [-0.39, 0.29) is 18.1 Å². The Morgan fingerprint density at radius 2 is 2.06 bits per heavy atom. The van der Waals surface area contributed by atoms with Crippen molar-refractivity contribution in [2.24, 2.45) is 0 Å². The third-order valence-electron chi connectivity index (χ3n) is 5.14. The van der Waals surface area contributed by atoms with Crippen LogP contribution in [0.5, 0.6) is 0 Å². The van der Waals surface area contributed by atoms with Crippen molar-refractivity contribution in [1.82, 2.24) is 9.55 Å². The van der Waals surface area contributed by atoms with Gasteiger partial charge in [0.15, 0.2) is 12.5 Å². The molecule has 1 aliphatic heterocycles. The zero-order valence-corrected chi connectivity index (χ0v) is 18.6. The van der Waals surface area contributed by atoms with E-state index in [1.165, 1.54) is 31.3 Å². The van der Waals surface area contributed by atoms with Crippen LogP contribution in [0, 0.1) is 10.1 Å². The molecule has 0 radical (unpaired) electrons. The van der Waals surface area contributed by atoms with Crippen molar-refractivity contribution in [3.63, 3.8) is 0 Å². The van der Waals surface area contributed by atoms with Gasteiger partial charge in [-0.25, -0.2) is 4.79 Å². The number of anilines is 1. The first-order valence-electron chi connectivity index (χ1n) is 10.5. The minimum Gasteiger partial charge on any atom is -0.394 e. The summed E-state index contributed by atoms with van der Waals surface area (Å²) in [4.78, 5) is 37.7. The summed E-state index contributed by atoms with van der Waals surface area (Å²) in [5, 5.41) is 33.2. The SMILES string of the molecule is CC(=O)Nc1ccn([C@@H]2O[C@H](CO)[C@@H](O)[C@H]2OC(C)OCCc2ccc([N+](=O)[O-])cc2)c(=O)n1. The van der Waals surface area contributed by atoms with Crippen LogP contribution < -0.4 is 11.0 Å². The lowest BCUT2D eigenvalue weighted by Gasteiger charge is -2.25. The smallest absolute Gasteiger partial charge is 0.351 e. The van der Waals surface area contributed by atoms with Gasteiger partial charge in [0.05, 0.1) is 18.1 Å². The Bertz CT molecular complexity index is 1060. The van der Waals surface area contributed by atoms with Gasteiger partial charge in [0.2, 0.25) is 5.91 Å². The number of nitro groups is 1. The number of hydrogen-bond acceptors (Lipinski definition) is 10. The minimum absolute atomic E-state index is 0.00379. The number of aliphatic hydroxyl groups excluding tert-OH is 2. The summed E-state index contributed by atoms with van der Waals surface area (Å²) < 4.78 is 18.2. The van der Waals surface area contributed by atoms with Crippen molar-refractivity contribution in [2.75, 3.05) is 18.5 Å². The first-order chi connectivity index (χ1) is 16.2. The van der Waals surface area contributed by atoms with Crippen LogP contribution in [-0.4, -0.2) is 68.4 Å². The highest BCUT2D eigenvalue weighted by atomic mass is 16.7. The number of non-ortho nitro benzene ring substituents is 1. The topological polar surface area (TPSA) is 175 Å². The molecule has 13 nitrogen and oxygen atoms in total. The van der Waals surface area contributed by atoms with E-state index in [1.54, 1.807) is 19.1 Å². The average molecular weight is 478 g/mol. The van der Waals surface area contributed by atoms with E-state index in [2.05, 4.69) is 10.3 Å². The highest BCUT2D eigenvalue weighted by molar-refractivity contribution is 5.87. The molecule has 5 atom stereocenters. The molecule has 1 saturated heterocycles. The normalized spacial score (nSPS) is 22.9. The monoisotopic (exact) mass is 478 g/mol. The molecule has 2 aromatic rings. The lowest BCUT2D eigenvalue weighted by Crippen LogP contribution is -2.40. The van der Waals surface area contributed by atoms with Gasteiger partial charge in [-0.3, -0.25) is 19.5 Å². The van der Waals surface area contributed by atoms with Gasteiger partial charge in [-0.15, -0.1) is 0 Å². The minimum atomic E-state index is -1.25. The van der Waals surface area contributed by atoms with E-state index in [9.17, 15) is 29.9 Å². The van der Waals surface area contributed by atoms with Crippen molar-refractivity contribution in [2.45, 2.75) is 51.1 Å². The molecule has 3 N–H and O–H groups in total. The molecule has 1 unspecified atom stereocenters. The van der Waals surface area contributed by atoms with Crippen molar-refractivity contribution in [3.8, 4) is 0 Å². The largest absolute Gasteiger partial charge is 0.394 e. The summed E-state index contributed by atoms with van der Waals surface area (Å²) in [6.07, 6.45) is -3.41. The molecule has 2 heterocycles. The van der Waals surface area contributed by atoms with Crippen molar-refractivity contribution in [1.29, 1.82) is 0 Å². The molecular weight excluding hydrogens is 452 g/mol. The second-order valence-corrected chi connectivity index (χ2v) is 7.63. The number of benzene rings is 1. The summed E-state index contributed by atoms with van der Waals surface area (Å²) in [7, 11) is 0. The van der Waals surface area contributed by atoms with E-state index in [0.717, 1.165) is 10.1 Å². The predicted molar refractivity (Wildman–Crippen MR) is 117 cm³/mol. The summed E-state index contributed by atoms with van der Waals surface area (Å²) in [6, 6.07) is 7.47. The Morgan fingerprint density at radius 1 is 1.35 bits per heavy atom. The standard InChI is InChI=1S/C21H26N4O9/c1-12(27)22-17-7-9-24(21(29)23-17)20-19(18(28)16(11-26)34-20)33-13(2)32-10-8-14-3-5-15(6-4-14)25(30)31/h3-7,9,13,16,18-20,26,28H,8,10-11H2,1-2H3,(H,22,23,27,29)/t13?,16-,18-,19-,20-/m1/s1. The number of amides is 1. The highest BCUT2D eigenvalue weighted by Gasteiger charge is 2.46. The van der Waals surface area contributed by atoms with Gasteiger partial charge in [-0.05, 0) is 25.0 Å². The number of carbonyl (C=O) groups excluding carboxylic acids is 1. The molecule has 13 heteroatoms. The molecule has 1 aliphatic rings. The molecule has 34 heavy (non-hydrogen) atoms. The van der Waals surface area contributed by atoms with Gasteiger partial charge in [-0.2, -0.15) is 4.98 Å². The second kappa shape index (κ2) is 11.3. The number of ether oxygens (including phenoxy) is 3. The van der Waals surface area contributed by atoms with Crippen LogP contribution in [0.15, 0.2) is 41.3 Å². The Hall–Kier alpha value is -3.23. The molecule has 1 aromatic carbocycles. The molecule has 3 rings (SSSR count). The molecule has 184 valence electrons. The molecule has 0 spiro atoms. The summed E-state index contributed by atoms with van der Waals surface area (Å²) in [5.74, 6) is -0.329. The summed E-state index contributed by atoms with van der Waals surface area (Å²) in [6.45, 7) is 2.61. The highest BCUT2D eigenvalue weighted by Crippen LogP contribution is 2.31. The zero-order chi connectivity index (χ0) is 24.8. The van der Waals surface area contributed by atoms with E-state index in [1.807, 2.05) is 0 Å². The van der Waals surface area contributed by atoms with Gasteiger partial charge < -0.3 is 29.7 Å². The van der Waals surface area contributed by atoms with Gasteiger partial charge in [0.25, 0.3) is 5.69 Å². The van der Waals surface area contributed by atoms with Crippen LogP contribution >= 0.6 is 0 Å². The molecule has 1 aromatic heterocycles. The van der Waals surface area contributed by atoms with Crippen molar-refractivity contribution >= 4 is 17.4 Å². The Balaban J connectivity index is 1.64. The molecule has 1 fully saturated rings. The number of nitrogens with zero attached hydrogens (tertiary/aromatic N) is 3. The van der Waals surface area contributed by atoms with Crippen LogP contribution in [0.1, 0.15) is 25.6 Å². The Labute approximate surface area is 194 Å². The quantitative estimate of drug-likeness (QED) is 0.245. The molecule has 0 saturated carbocycles. The third kappa shape index (κ3) is 6.21. The summed E-state index contributed by atoms with van der Waals surface area (Å²) in [5.41, 5.74) is 0.0791. The number of nitrogens with one attached hydrogen (secondary N) is 1. The fraction of sp³-hybridized carbons (Fsp3) is 0.476. The number of aliphatic hydroxyl groups is 2. The number of carbonyl (C=O) groups is 1. The number of hydrogen-bond donors (Lipinski definition) is 3. The second-order valence-electron chi connectivity index (χ2n) is 7.63. The van der Waals surface area contributed by atoms with E-state index in [0.29, 0.717) is 6.42 Å². The Morgan fingerprint density at radius 3 is 2.65 bits per heavy atom. The van der Waals surface area contributed by atoms with E-state index < -0.39 is 54.0 Å². The lowest BCUT2D eigenvalue weighted by atomic mass is 10.1. The molecule has 1 amide bonds. The molecule has 0 aliphatic carbocycles. The van der Waals surface area contributed by atoms with Crippen LogP contribution in [0.25, 0.3) is 0 Å². The maximum Gasteiger partial charge on any atom is 0.351 e. The lowest BCUT2D eigenvalue weighted by molar-refractivity contribution is -0.384. The van der Waals surface area contributed by atoms with E-state index in [4.69, 9.17) is 14.2 Å². The number of aromatic nitrogens is 2.